The third kappa shape index (κ3) is 4.73. The smallest absolute Gasteiger partial charge is 0.387 e. The summed E-state index contributed by atoms with van der Waals surface area (Å²) < 4.78 is 54.4. The summed E-state index contributed by atoms with van der Waals surface area (Å²) in [5.41, 5.74) is 1.02. The van der Waals surface area contributed by atoms with Crippen LogP contribution in [-0.4, -0.2) is 64.0 Å². The third-order valence-electron chi connectivity index (χ3n) is 5.72. The summed E-state index contributed by atoms with van der Waals surface area (Å²) in [6.45, 7) is 2.01. The maximum absolute atomic E-state index is 12.8. The van der Waals surface area contributed by atoms with Gasteiger partial charge in [0.1, 0.15) is 17.0 Å². The van der Waals surface area contributed by atoms with Crippen molar-refractivity contribution in [3.05, 3.63) is 42.1 Å². The molecule has 12 heteroatoms. The molecule has 2 N–H and O–H groups in total. The molecule has 9 nitrogen and oxygen atoms in total. The van der Waals surface area contributed by atoms with Crippen molar-refractivity contribution >= 4 is 26.8 Å². The predicted octanol–water partition coefficient (Wildman–Crippen LogP) is 2.56. The molecule has 1 amide bonds. The number of fused-ring (bicyclic) bond motifs is 1. The largest absolute Gasteiger partial charge is 0.435 e. The Labute approximate surface area is 194 Å². The molecular formula is C22H24F2N4O5S. The fourth-order valence-corrected chi connectivity index (χ4v) is 6.02. The molecule has 182 valence electrons. The van der Waals surface area contributed by atoms with E-state index in [4.69, 9.17) is 0 Å². The maximum Gasteiger partial charge on any atom is 0.387 e. The van der Waals surface area contributed by atoms with Gasteiger partial charge in [0, 0.05) is 11.8 Å². The van der Waals surface area contributed by atoms with Gasteiger partial charge in [0.15, 0.2) is 9.84 Å². The van der Waals surface area contributed by atoms with Crippen LogP contribution in [0.1, 0.15) is 37.2 Å². The maximum atomic E-state index is 12.8. The average Bonchev–Trinajstić information content (AvgIpc) is 3.09. The zero-order chi connectivity index (χ0) is 24.8. The van der Waals surface area contributed by atoms with Gasteiger partial charge in [-0.2, -0.15) is 13.9 Å². The van der Waals surface area contributed by atoms with E-state index in [2.05, 4.69) is 20.1 Å². The molecule has 3 heterocycles. The lowest BCUT2D eigenvalue weighted by atomic mass is 10.1. The first-order valence-electron chi connectivity index (χ1n) is 10.5. The number of aliphatic hydroxyl groups is 1. The molecule has 0 spiro atoms. The van der Waals surface area contributed by atoms with Gasteiger partial charge >= 0.3 is 6.61 Å². The van der Waals surface area contributed by atoms with E-state index in [0.29, 0.717) is 22.3 Å². The number of nitrogens with zero attached hydrogens (tertiary/aromatic N) is 3. The van der Waals surface area contributed by atoms with Crippen molar-refractivity contribution in [1.29, 1.82) is 0 Å². The lowest BCUT2D eigenvalue weighted by molar-refractivity contribution is -0.0498. The number of hydrogen-bond acceptors (Lipinski definition) is 7. The zero-order valence-electron chi connectivity index (χ0n) is 18.7. The number of aliphatic hydroxyl groups excluding tert-OH is 1. The van der Waals surface area contributed by atoms with Crippen molar-refractivity contribution in [3.8, 4) is 17.0 Å². The van der Waals surface area contributed by atoms with Gasteiger partial charge in [0.2, 0.25) is 0 Å². The first kappa shape index (κ1) is 24.0. The van der Waals surface area contributed by atoms with Gasteiger partial charge in [-0.25, -0.2) is 8.42 Å². The number of aromatic nitrogens is 3. The number of rotatable bonds is 7. The summed E-state index contributed by atoms with van der Waals surface area (Å²) in [5, 5.41) is 17.5. The monoisotopic (exact) mass is 494 g/mol. The second kappa shape index (κ2) is 8.58. The van der Waals surface area contributed by atoms with Crippen LogP contribution in [0, 0.1) is 0 Å². The minimum atomic E-state index is -3.15. The van der Waals surface area contributed by atoms with Crippen LogP contribution in [0.5, 0.6) is 5.75 Å². The number of hydrogen-bond donors (Lipinski definition) is 2. The number of benzene rings is 1. The Morgan fingerprint density at radius 3 is 2.59 bits per heavy atom. The molecule has 0 saturated carbocycles. The Morgan fingerprint density at radius 2 is 1.97 bits per heavy atom. The van der Waals surface area contributed by atoms with Gasteiger partial charge in [-0.3, -0.25) is 14.5 Å². The second-order valence-corrected chi connectivity index (χ2v) is 10.9. The summed E-state index contributed by atoms with van der Waals surface area (Å²) in [6, 6.07) is 7.08. The third-order valence-corrected chi connectivity index (χ3v) is 7.87. The van der Waals surface area contributed by atoms with E-state index >= 15 is 0 Å². The molecule has 34 heavy (non-hydrogen) atoms. The number of nitrogens with one attached hydrogen (secondary N) is 1. The normalized spacial score (nSPS) is 18.3. The standard InChI is InChI=1S/C22H24F2N4O5S/c1-12(13(2)29)28-17-8-15(20(30)26-22(3)10-34(31,32)11-22)9-25-19(17)18(27-28)14-5-4-6-16(7-14)33-21(23)24/h4-9,12-13,21,29H,10-11H2,1-3H3,(H,26,30)/t12-,13?/m0/s1. The van der Waals surface area contributed by atoms with Crippen LogP contribution in [0.25, 0.3) is 22.3 Å². The first-order chi connectivity index (χ1) is 15.9. The Hall–Kier alpha value is -3.12. The van der Waals surface area contributed by atoms with Gasteiger partial charge in [-0.1, -0.05) is 12.1 Å². The number of carbonyl (C=O) groups excluding carboxylic acids is 1. The number of carbonyl (C=O) groups is 1. The number of amides is 1. The molecule has 3 aromatic rings. The molecule has 0 radical (unpaired) electrons. The second-order valence-electron chi connectivity index (χ2n) is 8.82. The number of alkyl halides is 2. The summed E-state index contributed by atoms with van der Waals surface area (Å²) in [6.07, 6.45) is 0.553. The van der Waals surface area contributed by atoms with Gasteiger partial charge in [0.05, 0.1) is 40.3 Å². The van der Waals surface area contributed by atoms with Gasteiger partial charge in [0.25, 0.3) is 5.91 Å². The van der Waals surface area contributed by atoms with Crippen LogP contribution in [0.2, 0.25) is 0 Å². The summed E-state index contributed by atoms with van der Waals surface area (Å²) in [7, 11) is -3.15. The molecular weight excluding hydrogens is 470 g/mol. The number of pyridine rings is 1. The van der Waals surface area contributed by atoms with E-state index in [1.165, 1.54) is 23.0 Å². The lowest BCUT2D eigenvalue weighted by Gasteiger charge is -2.38. The SMILES string of the molecule is CC(O)[C@H](C)n1nc(-c2cccc(OC(F)F)c2)c2ncc(C(=O)NC3(C)CS(=O)(=O)C3)cc21. The minimum Gasteiger partial charge on any atom is -0.435 e. The Morgan fingerprint density at radius 1 is 1.26 bits per heavy atom. The van der Waals surface area contributed by atoms with Gasteiger partial charge < -0.3 is 15.2 Å². The highest BCUT2D eigenvalue weighted by atomic mass is 32.2. The van der Waals surface area contributed by atoms with Crippen molar-refractivity contribution in [2.45, 2.75) is 45.1 Å². The van der Waals surface area contributed by atoms with E-state index in [0.717, 1.165) is 0 Å². The Kier molecular flexibility index (Phi) is 6.06. The molecule has 2 atom stereocenters. The molecule has 0 aliphatic carbocycles. The number of sulfone groups is 1. The van der Waals surface area contributed by atoms with Crippen LogP contribution in [-0.2, 0) is 9.84 Å². The van der Waals surface area contributed by atoms with E-state index < -0.39 is 40.0 Å². The van der Waals surface area contributed by atoms with Crippen molar-refractivity contribution in [1.82, 2.24) is 20.1 Å². The molecule has 1 saturated heterocycles. The van der Waals surface area contributed by atoms with Gasteiger partial charge in [-0.15, -0.1) is 0 Å². The molecule has 2 aromatic heterocycles. The van der Waals surface area contributed by atoms with Gasteiger partial charge in [-0.05, 0) is 39.0 Å². The first-order valence-corrected chi connectivity index (χ1v) is 12.3. The fraction of sp³-hybridized carbons (Fsp3) is 0.409. The van der Waals surface area contributed by atoms with E-state index in [-0.39, 0.29) is 22.8 Å². The van der Waals surface area contributed by atoms with Crippen molar-refractivity contribution in [2.24, 2.45) is 0 Å². The minimum absolute atomic E-state index is 0.0431. The predicted molar refractivity (Wildman–Crippen MR) is 121 cm³/mol. The van der Waals surface area contributed by atoms with Crippen LogP contribution >= 0.6 is 0 Å². The summed E-state index contributed by atoms with van der Waals surface area (Å²) in [4.78, 5) is 17.2. The molecule has 1 fully saturated rings. The van der Waals surface area contributed by atoms with Crippen molar-refractivity contribution in [2.75, 3.05) is 11.5 Å². The Balaban J connectivity index is 1.75. The molecule has 1 aliphatic heterocycles. The zero-order valence-corrected chi connectivity index (χ0v) is 19.5. The topological polar surface area (TPSA) is 123 Å². The lowest BCUT2D eigenvalue weighted by Crippen LogP contribution is -2.63. The summed E-state index contributed by atoms with van der Waals surface area (Å²) >= 11 is 0. The van der Waals surface area contributed by atoms with E-state index in [1.807, 2.05) is 0 Å². The molecule has 1 unspecified atom stereocenters. The van der Waals surface area contributed by atoms with Crippen molar-refractivity contribution < 1.29 is 31.8 Å². The Bertz CT molecular complexity index is 1340. The van der Waals surface area contributed by atoms with Crippen LogP contribution in [0.4, 0.5) is 8.78 Å². The highest BCUT2D eigenvalue weighted by molar-refractivity contribution is 7.93. The molecule has 0 bridgehead atoms. The highest BCUT2D eigenvalue weighted by Crippen LogP contribution is 2.32. The average molecular weight is 495 g/mol. The molecule has 4 rings (SSSR count). The van der Waals surface area contributed by atoms with E-state index in [9.17, 15) is 27.1 Å². The fourth-order valence-electron chi connectivity index (χ4n) is 4.02. The molecule has 1 aromatic carbocycles. The number of halogens is 2. The van der Waals surface area contributed by atoms with Crippen LogP contribution < -0.4 is 10.1 Å². The number of ether oxygens (including phenoxy) is 1. The summed E-state index contributed by atoms with van der Waals surface area (Å²) in [5.74, 6) is -0.810. The molecule has 1 aliphatic rings. The van der Waals surface area contributed by atoms with Crippen LogP contribution in [0.3, 0.4) is 0 Å². The van der Waals surface area contributed by atoms with E-state index in [1.54, 1.807) is 39.0 Å². The van der Waals surface area contributed by atoms with Crippen molar-refractivity contribution in [3.63, 3.8) is 0 Å². The van der Waals surface area contributed by atoms with Crippen LogP contribution in [0.15, 0.2) is 36.5 Å². The quantitative estimate of drug-likeness (QED) is 0.517. The highest BCUT2D eigenvalue weighted by Gasteiger charge is 2.45.